The first-order chi connectivity index (χ1) is 14.7. The zero-order valence-corrected chi connectivity index (χ0v) is 17.8. The van der Waals surface area contributed by atoms with Crippen molar-refractivity contribution in [3.05, 3.63) is 78.6 Å². The van der Waals surface area contributed by atoms with Gasteiger partial charge in [-0.3, -0.25) is 9.59 Å². The van der Waals surface area contributed by atoms with Crippen LogP contribution in [0.25, 0.3) is 20.7 Å². The van der Waals surface area contributed by atoms with Crippen LogP contribution in [0.3, 0.4) is 0 Å². The summed E-state index contributed by atoms with van der Waals surface area (Å²) in [6.07, 6.45) is 1.47. The molecule has 0 saturated heterocycles. The number of hydrogen-bond acceptors (Lipinski definition) is 7. The Labute approximate surface area is 182 Å². The zero-order chi connectivity index (χ0) is 20.9. The van der Waals surface area contributed by atoms with E-state index in [0.29, 0.717) is 10.6 Å². The fourth-order valence-corrected chi connectivity index (χ4v) is 5.21. The maximum Gasteiger partial charge on any atom is 0.307 e. The van der Waals surface area contributed by atoms with Gasteiger partial charge in [0.25, 0.3) is 0 Å². The van der Waals surface area contributed by atoms with Crippen molar-refractivity contribution in [2.24, 2.45) is 0 Å². The van der Waals surface area contributed by atoms with Crippen LogP contribution in [0.4, 0.5) is 0 Å². The van der Waals surface area contributed by atoms with Crippen molar-refractivity contribution in [2.45, 2.75) is 16.7 Å². The van der Waals surface area contributed by atoms with Crippen LogP contribution in [-0.2, 0) is 9.53 Å². The number of thiophene rings is 1. The van der Waals surface area contributed by atoms with Crippen molar-refractivity contribution in [1.82, 2.24) is 9.97 Å². The zero-order valence-electron chi connectivity index (χ0n) is 16.1. The Morgan fingerprint density at radius 1 is 1.03 bits per heavy atom. The van der Waals surface area contributed by atoms with E-state index in [4.69, 9.17) is 4.74 Å². The number of ketones is 1. The molecule has 4 rings (SSSR count). The summed E-state index contributed by atoms with van der Waals surface area (Å²) in [5, 5.41) is 0.914. The highest BCUT2D eigenvalue weighted by Gasteiger charge is 2.26. The number of benzene rings is 2. The van der Waals surface area contributed by atoms with Crippen LogP contribution >= 0.6 is 23.1 Å². The minimum atomic E-state index is -0.641. The molecule has 4 aromatic rings. The van der Waals surface area contributed by atoms with E-state index in [1.54, 1.807) is 35.6 Å². The lowest BCUT2D eigenvalue weighted by Crippen LogP contribution is -2.22. The number of carbonyl (C=O) groups is 2. The molecule has 1 atom stereocenters. The van der Waals surface area contributed by atoms with Gasteiger partial charge < -0.3 is 4.74 Å². The monoisotopic (exact) mass is 434 g/mol. The van der Waals surface area contributed by atoms with Gasteiger partial charge in [0, 0.05) is 15.8 Å². The van der Waals surface area contributed by atoms with E-state index in [2.05, 4.69) is 9.97 Å². The Kier molecular flexibility index (Phi) is 6.21. The molecule has 0 saturated carbocycles. The standard InChI is InChI=1S/C23H18N2O3S2/c1-28-20(26)13-19(21(27)16-10-6-3-7-11-16)30-23-17-12-18(15-8-4-2-5-9-15)29-22(17)24-14-25-23/h2-12,14,19H,13H2,1H3. The number of hydrogen-bond donors (Lipinski definition) is 0. The summed E-state index contributed by atoms with van der Waals surface area (Å²) in [7, 11) is 1.32. The Morgan fingerprint density at radius 3 is 2.43 bits per heavy atom. The van der Waals surface area contributed by atoms with E-state index >= 15 is 0 Å². The second-order valence-corrected chi connectivity index (χ2v) is 8.71. The topological polar surface area (TPSA) is 69.2 Å². The third kappa shape index (κ3) is 4.42. The molecule has 0 spiro atoms. The highest BCUT2D eigenvalue weighted by Crippen LogP contribution is 2.38. The minimum absolute atomic E-state index is 0.0317. The Hall–Kier alpha value is -3.03. The molecule has 0 radical (unpaired) electrons. The maximum absolute atomic E-state index is 13.1. The van der Waals surface area contributed by atoms with Crippen molar-refractivity contribution in [2.75, 3.05) is 7.11 Å². The van der Waals surface area contributed by atoms with Gasteiger partial charge >= 0.3 is 5.97 Å². The smallest absolute Gasteiger partial charge is 0.307 e. The molecule has 0 N–H and O–H groups in total. The normalized spacial score (nSPS) is 11.9. The molecule has 2 aromatic heterocycles. The van der Waals surface area contributed by atoms with Gasteiger partial charge in [-0.15, -0.1) is 11.3 Å². The van der Waals surface area contributed by atoms with Gasteiger partial charge in [0.2, 0.25) is 0 Å². The number of thioether (sulfide) groups is 1. The van der Waals surface area contributed by atoms with Gasteiger partial charge in [0.15, 0.2) is 5.78 Å². The summed E-state index contributed by atoms with van der Waals surface area (Å²) in [5.74, 6) is -0.561. The minimum Gasteiger partial charge on any atom is -0.469 e. The van der Waals surface area contributed by atoms with Gasteiger partial charge in [0.05, 0.1) is 18.8 Å². The van der Waals surface area contributed by atoms with Crippen LogP contribution in [0.1, 0.15) is 16.8 Å². The number of Topliss-reactive ketones (excluding diaryl/α,β-unsaturated/α-hetero) is 1. The second kappa shape index (κ2) is 9.19. The Morgan fingerprint density at radius 2 is 1.73 bits per heavy atom. The third-order valence-electron chi connectivity index (χ3n) is 4.54. The highest BCUT2D eigenvalue weighted by molar-refractivity contribution is 8.00. The van der Waals surface area contributed by atoms with Crippen molar-refractivity contribution in [3.63, 3.8) is 0 Å². The van der Waals surface area contributed by atoms with Gasteiger partial charge in [-0.2, -0.15) is 0 Å². The first-order valence-corrected chi connectivity index (χ1v) is 11.0. The van der Waals surface area contributed by atoms with Crippen LogP contribution in [-0.4, -0.2) is 34.1 Å². The van der Waals surface area contributed by atoms with E-state index in [9.17, 15) is 9.59 Å². The number of ether oxygens (including phenoxy) is 1. The summed E-state index contributed by atoms with van der Waals surface area (Å²) in [6.45, 7) is 0. The maximum atomic E-state index is 13.1. The second-order valence-electron chi connectivity index (χ2n) is 6.49. The number of methoxy groups -OCH3 is 1. The molecule has 1 unspecified atom stereocenters. The van der Waals surface area contributed by atoms with Crippen LogP contribution in [0.5, 0.6) is 0 Å². The first kappa shape index (κ1) is 20.3. The number of carbonyl (C=O) groups excluding carboxylic acids is 2. The molecule has 30 heavy (non-hydrogen) atoms. The Balaban J connectivity index is 1.69. The SMILES string of the molecule is COC(=O)CC(Sc1ncnc2sc(-c3ccccc3)cc12)C(=O)c1ccccc1. The Bertz CT molecular complexity index is 1180. The van der Waals surface area contributed by atoms with Crippen molar-refractivity contribution >= 4 is 45.1 Å². The molecular formula is C23H18N2O3S2. The van der Waals surface area contributed by atoms with Gasteiger partial charge in [-0.05, 0) is 11.6 Å². The molecule has 0 aliphatic carbocycles. The number of esters is 1. The van der Waals surface area contributed by atoms with E-state index < -0.39 is 11.2 Å². The summed E-state index contributed by atoms with van der Waals surface area (Å²) in [5.41, 5.74) is 1.66. The molecule has 150 valence electrons. The van der Waals surface area contributed by atoms with Crippen molar-refractivity contribution < 1.29 is 14.3 Å². The summed E-state index contributed by atoms with van der Waals surface area (Å²) in [4.78, 5) is 35.8. The summed E-state index contributed by atoms with van der Waals surface area (Å²) >= 11 is 2.85. The molecule has 2 heterocycles. The summed E-state index contributed by atoms with van der Waals surface area (Å²) in [6, 6.07) is 21.1. The number of nitrogens with zero attached hydrogens (tertiary/aromatic N) is 2. The lowest BCUT2D eigenvalue weighted by atomic mass is 10.1. The van der Waals surface area contributed by atoms with Crippen LogP contribution in [0.15, 0.2) is 78.1 Å². The van der Waals surface area contributed by atoms with Crippen LogP contribution < -0.4 is 0 Å². The lowest BCUT2D eigenvalue weighted by molar-refractivity contribution is -0.140. The van der Waals surface area contributed by atoms with E-state index in [1.807, 2.05) is 42.5 Å². The molecule has 7 heteroatoms. The first-order valence-electron chi connectivity index (χ1n) is 9.28. The number of aromatic nitrogens is 2. The molecule has 0 bridgehead atoms. The predicted molar refractivity (Wildman–Crippen MR) is 120 cm³/mol. The van der Waals surface area contributed by atoms with Crippen LogP contribution in [0, 0.1) is 0 Å². The fourth-order valence-electron chi connectivity index (χ4n) is 3.02. The number of fused-ring (bicyclic) bond motifs is 1. The van der Waals surface area contributed by atoms with E-state index in [-0.39, 0.29) is 12.2 Å². The summed E-state index contributed by atoms with van der Waals surface area (Å²) < 4.78 is 4.82. The molecule has 5 nitrogen and oxygen atoms in total. The van der Waals surface area contributed by atoms with E-state index in [1.165, 1.54) is 25.2 Å². The van der Waals surface area contributed by atoms with Gasteiger partial charge in [0.1, 0.15) is 16.2 Å². The fraction of sp³-hybridized carbons (Fsp3) is 0.130. The quantitative estimate of drug-likeness (QED) is 0.171. The largest absolute Gasteiger partial charge is 0.469 e. The number of rotatable bonds is 7. The molecule has 0 aliphatic rings. The lowest BCUT2D eigenvalue weighted by Gasteiger charge is -2.14. The van der Waals surface area contributed by atoms with Crippen LogP contribution in [0.2, 0.25) is 0 Å². The predicted octanol–water partition coefficient (Wildman–Crippen LogP) is 5.27. The molecule has 0 amide bonds. The third-order valence-corrected chi connectivity index (χ3v) is 6.84. The molecule has 0 aliphatic heterocycles. The highest BCUT2D eigenvalue weighted by atomic mass is 32.2. The molecule has 0 fully saturated rings. The average molecular weight is 435 g/mol. The molecule has 2 aromatic carbocycles. The van der Waals surface area contributed by atoms with Crippen molar-refractivity contribution in [3.8, 4) is 10.4 Å². The van der Waals surface area contributed by atoms with Gasteiger partial charge in [-0.25, -0.2) is 9.97 Å². The van der Waals surface area contributed by atoms with Crippen molar-refractivity contribution in [1.29, 1.82) is 0 Å². The van der Waals surface area contributed by atoms with E-state index in [0.717, 1.165) is 20.7 Å². The average Bonchev–Trinajstić information content (AvgIpc) is 3.24. The van der Waals surface area contributed by atoms with Gasteiger partial charge in [-0.1, -0.05) is 72.4 Å². The molecular weight excluding hydrogens is 416 g/mol.